The predicted octanol–water partition coefficient (Wildman–Crippen LogP) is 2.70. The lowest BCUT2D eigenvalue weighted by atomic mass is 10.1. The molecule has 0 aliphatic carbocycles. The summed E-state index contributed by atoms with van der Waals surface area (Å²) < 4.78 is 4.92. The zero-order valence-electron chi connectivity index (χ0n) is 16.4. The van der Waals surface area contributed by atoms with Crippen LogP contribution in [0.25, 0.3) is 0 Å². The summed E-state index contributed by atoms with van der Waals surface area (Å²) in [6.45, 7) is 4.09. The van der Waals surface area contributed by atoms with Crippen LogP contribution in [0.1, 0.15) is 43.0 Å². The third-order valence-electron chi connectivity index (χ3n) is 4.85. The van der Waals surface area contributed by atoms with Crippen LogP contribution in [0.5, 0.6) is 0 Å². The number of likely N-dealkylation sites (tertiary alicyclic amines) is 1. The van der Waals surface area contributed by atoms with E-state index in [1.165, 1.54) is 11.3 Å². The van der Waals surface area contributed by atoms with Crippen molar-refractivity contribution in [1.29, 1.82) is 0 Å². The van der Waals surface area contributed by atoms with Gasteiger partial charge in [-0.15, -0.1) is 0 Å². The van der Waals surface area contributed by atoms with Gasteiger partial charge in [0.15, 0.2) is 0 Å². The number of rotatable bonds is 7. The first-order chi connectivity index (χ1) is 14.0. The number of anilines is 1. The van der Waals surface area contributed by atoms with Crippen LogP contribution < -0.4 is 5.32 Å². The van der Waals surface area contributed by atoms with E-state index in [0.717, 1.165) is 37.7 Å². The predicted molar refractivity (Wildman–Crippen MR) is 110 cm³/mol. The molecule has 0 spiro atoms. The van der Waals surface area contributed by atoms with Gasteiger partial charge in [-0.1, -0.05) is 18.2 Å². The number of esters is 1. The summed E-state index contributed by atoms with van der Waals surface area (Å²) >= 11 is 0.910. The minimum Gasteiger partial charge on any atom is -0.462 e. The van der Waals surface area contributed by atoms with Gasteiger partial charge in [0.05, 0.1) is 18.8 Å². The maximum Gasteiger partial charge on any atom is 0.338 e. The first-order valence-corrected chi connectivity index (χ1v) is 10.7. The number of nitrogens with zero attached hydrogens (tertiary/aromatic N) is 2. The van der Waals surface area contributed by atoms with Crippen molar-refractivity contribution in [2.24, 2.45) is 0 Å². The number of ether oxygens (including phenoxy) is 1. The van der Waals surface area contributed by atoms with Gasteiger partial charge in [-0.2, -0.15) is 0 Å². The van der Waals surface area contributed by atoms with Gasteiger partial charge in [-0.25, -0.2) is 4.79 Å². The molecule has 1 aromatic rings. The van der Waals surface area contributed by atoms with E-state index in [1.54, 1.807) is 31.2 Å². The molecule has 0 radical (unpaired) electrons. The number of thioether (sulfide) groups is 1. The molecule has 2 heterocycles. The van der Waals surface area contributed by atoms with E-state index in [4.69, 9.17) is 4.74 Å². The van der Waals surface area contributed by atoms with E-state index in [9.17, 15) is 19.2 Å². The summed E-state index contributed by atoms with van der Waals surface area (Å²) in [5.74, 6) is -1.09. The lowest BCUT2D eigenvalue weighted by molar-refractivity contribution is -0.130. The molecule has 2 saturated heterocycles. The van der Waals surface area contributed by atoms with Crippen LogP contribution in [0.3, 0.4) is 0 Å². The zero-order valence-corrected chi connectivity index (χ0v) is 17.2. The summed E-state index contributed by atoms with van der Waals surface area (Å²) in [6.07, 6.45) is 3.25. The van der Waals surface area contributed by atoms with Gasteiger partial charge in [-0.05, 0) is 57.1 Å². The van der Waals surface area contributed by atoms with Gasteiger partial charge in [0, 0.05) is 12.1 Å². The Bertz CT molecular complexity index is 777. The first kappa shape index (κ1) is 21.3. The Kier molecular flexibility index (Phi) is 7.27. The number of carbonyl (C=O) groups excluding carboxylic acids is 4. The lowest BCUT2D eigenvalue weighted by Crippen LogP contribution is -2.44. The Hall–Kier alpha value is -2.39. The number of imide groups is 1. The zero-order chi connectivity index (χ0) is 20.8. The van der Waals surface area contributed by atoms with E-state index in [1.807, 2.05) is 0 Å². The Morgan fingerprint density at radius 3 is 2.48 bits per heavy atom. The van der Waals surface area contributed by atoms with Crippen molar-refractivity contribution in [3.8, 4) is 0 Å². The fourth-order valence-electron chi connectivity index (χ4n) is 3.34. The van der Waals surface area contributed by atoms with Gasteiger partial charge in [0.2, 0.25) is 11.8 Å². The highest BCUT2D eigenvalue weighted by molar-refractivity contribution is 8.15. The van der Waals surface area contributed by atoms with E-state index in [-0.39, 0.29) is 30.1 Å². The number of nitrogens with one attached hydrogen (secondary N) is 1. The molecule has 156 valence electrons. The summed E-state index contributed by atoms with van der Waals surface area (Å²) in [6, 6.07) is 6.32. The minimum absolute atomic E-state index is 0.0780. The van der Waals surface area contributed by atoms with Gasteiger partial charge in [0.25, 0.3) is 5.24 Å². The summed E-state index contributed by atoms with van der Waals surface area (Å²) in [5.41, 5.74) is 0.903. The Labute approximate surface area is 173 Å². The molecule has 1 unspecified atom stereocenters. The standard InChI is InChI=1S/C20H25N3O5S/c1-2-28-19(26)14-6-8-15(9-7-14)21-17(24)12-16-18(25)23(20(27)29-16)13-22-10-4-3-5-11-22/h6-9,16H,2-5,10-13H2,1H3,(H,21,24). The van der Waals surface area contributed by atoms with Crippen molar-refractivity contribution < 1.29 is 23.9 Å². The van der Waals surface area contributed by atoms with E-state index < -0.39 is 11.2 Å². The highest BCUT2D eigenvalue weighted by atomic mass is 32.2. The van der Waals surface area contributed by atoms with Crippen molar-refractivity contribution >= 4 is 40.5 Å². The molecule has 1 N–H and O–H groups in total. The average molecular weight is 420 g/mol. The average Bonchev–Trinajstić information content (AvgIpc) is 2.97. The SMILES string of the molecule is CCOC(=O)c1ccc(NC(=O)CC2SC(=O)N(CN3CCCCC3)C2=O)cc1. The summed E-state index contributed by atoms with van der Waals surface area (Å²) in [4.78, 5) is 52.2. The van der Waals surface area contributed by atoms with Crippen LogP contribution in [0.2, 0.25) is 0 Å². The molecule has 2 aliphatic rings. The van der Waals surface area contributed by atoms with Gasteiger partial charge in [-0.3, -0.25) is 24.2 Å². The highest BCUT2D eigenvalue weighted by Gasteiger charge is 2.41. The second-order valence-corrected chi connectivity index (χ2v) is 8.16. The molecular formula is C20H25N3O5S. The maximum absolute atomic E-state index is 12.6. The molecule has 0 aromatic heterocycles. The smallest absolute Gasteiger partial charge is 0.338 e. The number of amides is 3. The molecule has 9 heteroatoms. The number of benzene rings is 1. The number of piperidine rings is 1. The van der Waals surface area contributed by atoms with Crippen molar-refractivity contribution in [2.45, 2.75) is 37.9 Å². The molecule has 8 nitrogen and oxygen atoms in total. The molecule has 1 atom stereocenters. The number of carbonyl (C=O) groups is 4. The van der Waals surface area contributed by atoms with Crippen LogP contribution in [0.4, 0.5) is 10.5 Å². The topological polar surface area (TPSA) is 96.0 Å². The number of hydrogen-bond acceptors (Lipinski definition) is 7. The molecule has 2 fully saturated rings. The minimum atomic E-state index is -0.703. The number of hydrogen-bond donors (Lipinski definition) is 1. The largest absolute Gasteiger partial charge is 0.462 e. The molecule has 29 heavy (non-hydrogen) atoms. The van der Waals surface area contributed by atoms with Crippen molar-refractivity contribution in [2.75, 3.05) is 31.7 Å². The van der Waals surface area contributed by atoms with Crippen LogP contribution in [-0.2, 0) is 14.3 Å². The van der Waals surface area contributed by atoms with Crippen LogP contribution in [-0.4, -0.2) is 64.4 Å². The molecular weight excluding hydrogens is 394 g/mol. The van der Waals surface area contributed by atoms with E-state index in [2.05, 4.69) is 10.2 Å². The van der Waals surface area contributed by atoms with Crippen molar-refractivity contribution in [3.05, 3.63) is 29.8 Å². The Balaban J connectivity index is 1.51. The Morgan fingerprint density at radius 1 is 1.14 bits per heavy atom. The fourth-order valence-corrected chi connectivity index (χ4v) is 4.32. The Morgan fingerprint density at radius 2 is 1.83 bits per heavy atom. The third kappa shape index (κ3) is 5.57. The van der Waals surface area contributed by atoms with E-state index in [0.29, 0.717) is 17.9 Å². The lowest BCUT2D eigenvalue weighted by Gasteiger charge is -2.29. The highest BCUT2D eigenvalue weighted by Crippen LogP contribution is 2.30. The quantitative estimate of drug-likeness (QED) is 0.679. The second-order valence-electron chi connectivity index (χ2n) is 7.01. The van der Waals surface area contributed by atoms with Crippen LogP contribution in [0, 0.1) is 0 Å². The van der Waals surface area contributed by atoms with Gasteiger partial charge < -0.3 is 10.1 Å². The first-order valence-electron chi connectivity index (χ1n) is 9.79. The molecule has 3 amide bonds. The third-order valence-corrected chi connectivity index (χ3v) is 5.92. The second kappa shape index (κ2) is 9.89. The molecule has 3 rings (SSSR count). The van der Waals surface area contributed by atoms with Crippen LogP contribution in [0.15, 0.2) is 24.3 Å². The van der Waals surface area contributed by atoms with Crippen molar-refractivity contribution in [3.63, 3.8) is 0 Å². The summed E-state index contributed by atoms with van der Waals surface area (Å²) in [5, 5.41) is 1.70. The molecule has 0 bridgehead atoms. The van der Waals surface area contributed by atoms with Gasteiger partial charge in [0.1, 0.15) is 5.25 Å². The van der Waals surface area contributed by atoms with Crippen molar-refractivity contribution in [1.82, 2.24) is 9.80 Å². The van der Waals surface area contributed by atoms with Crippen LogP contribution >= 0.6 is 11.8 Å². The maximum atomic E-state index is 12.6. The molecule has 2 aliphatic heterocycles. The summed E-state index contributed by atoms with van der Waals surface area (Å²) in [7, 11) is 0. The van der Waals surface area contributed by atoms with Gasteiger partial charge >= 0.3 is 5.97 Å². The van der Waals surface area contributed by atoms with E-state index >= 15 is 0 Å². The monoisotopic (exact) mass is 419 g/mol. The molecule has 0 saturated carbocycles. The fraction of sp³-hybridized carbons (Fsp3) is 0.500. The molecule has 1 aromatic carbocycles. The normalized spacial score (nSPS) is 20.0.